The van der Waals surface area contributed by atoms with Crippen LogP contribution in [0.15, 0.2) is 53.6 Å². The van der Waals surface area contributed by atoms with E-state index in [1.165, 1.54) is 0 Å². The van der Waals surface area contributed by atoms with Gasteiger partial charge in [-0.2, -0.15) is 0 Å². The molecule has 0 aliphatic heterocycles. The van der Waals surface area contributed by atoms with E-state index in [-0.39, 0.29) is 5.82 Å². The minimum absolute atomic E-state index is 0.282. The number of rotatable bonds is 5. The quantitative estimate of drug-likeness (QED) is 0.558. The summed E-state index contributed by atoms with van der Waals surface area (Å²) in [4.78, 5) is 27.7. The third-order valence-corrected chi connectivity index (χ3v) is 4.31. The van der Waals surface area contributed by atoms with Crippen molar-refractivity contribution in [3.05, 3.63) is 76.3 Å². The number of hydrogen-bond acceptors (Lipinski definition) is 5. The molecule has 0 aliphatic carbocycles. The summed E-state index contributed by atoms with van der Waals surface area (Å²) in [6.45, 7) is 17.7. The topological polar surface area (TPSA) is 96.2 Å². The van der Waals surface area contributed by atoms with E-state index < -0.39 is 11.3 Å². The fourth-order valence-corrected chi connectivity index (χ4v) is 2.70. The molecule has 0 aromatic carbocycles. The summed E-state index contributed by atoms with van der Waals surface area (Å²) in [7, 11) is 0. The molecule has 0 bridgehead atoms. The molecule has 0 fully saturated rings. The number of nitrogens with one attached hydrogen (secondary N) is 1. The minimum atomic E-state index is -0.610. The first-order chi connectivity index (χ1) is 14.9. The zero-order valence-electron chi connectivity index (χ0n) is 19.5. The zero-order valence-corrected chi connectivity index (χ0v) is 19.5. The number of nitrogens with zero attached hydrogens (tertiary/aromatic N) is 4. The number of imidazole rings is 1. The Labute approximate surface area is 183 Å². The molecular weight excluding hydrogens is 390 g/mol. The Hall–Kier alpha value is -3.48. The smallest absolute Gasteiger partial charge is 0.293 e. The van der Waals surface area contributed by atoms with Crippen LogP contribution >= 0.6 is 0 Å². The predicted molar refractivity (Wildman–Crippen MR) is 127 cm³/mol. The molecule has 0 unspecified atom stereocenters. The summed E-state index contributed by atoms with van der Waals surface area (Å²) in [5.41, 5.74) is 4.25. The van der Waals surface area contributed by atoms with Gasteiger partial charge in [0.15, 0.2) is 17.2 Å². The van der Waals surface area contributed by atoms with Gasteiger partial charge in [-0.15, -0.1) is 0 Å². The molecule has 3 aromatic rings. The van der Waals surface area contributed by atoms with E-state index in [1.807, 2.05) is 71.1 Å². The summed E-state index contributed by atoms with van der Waals surface area (Å²) < 4.78 is 1.94. The molecule has 3 heterocycles. The van der Waals surface area contributed by atoms with Gasteiger partial charge in [0.1, 0.15) is 5.69 Å². The van der Waals surface area contributed by atoms with Crippen molar-refractivity contribution in [3.63, 3.8) is 0 Å². The minimum Gasteiger partial charge on any atom is -0.502 e. The maximum absolute atomic E-state index is 11.8. The average molecular weight is 424 g/mol. The van der Waals surface area contributed by atoms with Gasteiger partial charge in [-0.1, -0.05) is 58.6 Å². The van der Waals surface area contributed by atoms with Crippen molar-refractivity contribution in [2.24, 2.45) is 0 Å². The van der Waals surface area contributed by atoms with E-state index >= 15 is 0 Å². The lowest BCUT2D eigenvalue weighted by atomic mass is 10.1. The lowest BCUT2D eigenvalue weighted by Crippen LogP contribution is -2.10. The predicted octanol–water partition coefficient (Wildman–Crippen LogP) is 5.09. The lowest BCUT2D eigenvalue weighted by molar-refractivity contribution is 0.463. The van der Waals surface area contributed by atoms with Gasteiger partial charge >= 0.3 is 0 Å². The number of aromatic amines is 1. The third-order valence-electron chi connectivity index (χ3n) is 4.31. The first kappa shape index (κ1) is 25.6. The second-order valence-electron chi connectivity index (χ2n) is 6.14. The number of aromatic nitrogens is 5. The summed E-state index contributed by atoms with van der Waals surface area (Å²) in [5, 5.41) is 9.43. The molecule has 0 aliphatic rings. The molecule has 2 N–H and O–H groups in total. The van der Waals surface area contributed by atoms with Gasteiger partial charge in [0.05, 0.1) is 17.6 Å². The molecule has 7 nitrogen and oxygen atoms in total. The zero-order chi connectivity index (χ0) is 23.6. The van der Waals surface area contributed by atoms with Crippen LogP contribution in [-0.4, -0.2) is 29.4 Å². The van der Waals surface area contributed by atoms with Crippen molar-refractivity contribution in [1.29, 1.82) is 0 Å². The number of hydrogen-bond donors (Lipinski definition) is 2. The normalized spacial score (nSPS) is 11.0. The van der Waals surface area contributed by atoms with Crippen molar-refractivity contribution < 1.29 is 5.11 Å². The van der Waals surface area contributed by atoms with Gasteiger partial charge in [0.2, 0.25) is 0 Å². The molecule has 166 valence electrons. The van der Waals surface area contributed by atoms with Crippen molar-refractivity contribution in [3.8, 4) is 17.3 Å². The first-order valence-electron chi connectivity index (χ1n) is 10.5. The van der Waals surface area contributed by atoms with Crippen LogP contribution in [0.1, 0.15) is 51.7 Å². The highest BCUT2D eigenvalue weighted by Crippen LogP contribution is 2.21. The Morgan fingerprint density at radius 1 is 1.23 bits per heavy atom. The van der Waals surface area contributed by atoms with Crippen LogP contribution in [0.4, 0.5) is 0 Å². The maximum Gasteiger partial charge on any atom is 0.293 e. The second kappa shape index (κ2) is 12.3. The maximum atomic E-state index is 11.8. The van der Waals surface area contributed by atoms with Crippen molar-refractivity contribution in [1.82, 2.24) is 24.3 Å². The molecule has 0 atom stereocenters. The van der Waals surface area contributed by atoms with E-state index in [0.717, 1.165) is 34.5 Å². The van der Waals surface area contributed by atoms with Crippen molar-refractivity contribution in [2.45, 2.75) is 54.9 Å². The molecule has 0 amide bonds. The molecule has 31 heavy (non-hydrogen) atoms. The van der Waals surface area contributed by atoms with Crippen LogP contribution in [0.5, 0.6) is 5.75 Å². The van der Waals surface area contributed by atoms with Crippen molar-refractivity contribution >= 4 is 5.65 Å². The molecule has 3 aromatic heterocycles. The number of fused-ring (bicyclic) bond motifs is 1. The fourth-order valence-electron chi connectivity index (χ4n) is 2.70. The van der Waals surface area contributed by atoms with Gasteiger partial charge in [0, 0.05) is 18.3 Å². The SMILES string of the molecule is C=C/C(=C\C=C/C)Cc1nc(-c2ncc(O)c(=O)[nH]2)cn2c(C)c(C)nc12.CC.CC. The Morgan fingerprint density at radius 2 is 1.90 bits per heavy atom. The fraction of sp³-hybridized carbons (Fsp3) is 0.333. The number of aromatic hydroxyl groups is 1. The van der Waals surface area contributed by atoms with Gasteiger partial charge in [-0.25, -0.2) is 15.0 Å². The van der Waals surface area contributed by atoms with Gasteiger partial charge in [0.25, 0.3) is 5.56 Å². The van der Waals surface area contributed by atoms with E-state index in [4.69, 9.17) is 0 Å². The Balaban J connectivity index is 0.00000113. The van der Waals surface area contributed by atoms with Crippen LogP contribution in [0.25, 0.3) is 17.2 Å². The number of aryl methyl sites for hydroxylation is 2. The van der Waals surface area contributed by atoms with Crippen LogP contribution in [0.3, 0.4) is 0 Å². The lowest BCUT2D eigenvalue weighted by Gasteiger charge is -2.08. The highest BCUT2D eigenvalue weighted by atomic mass is 16.3. The standard InChI is InChI=1S/C20H21N5O2.2C2H6/c1-5-7-8-14(6-2)9-15-19-22-12(3)13(4)25(19)11-16(23-15)18-21-10-17(26)20(27)24-18;2*1-2/h5-8,10-11,26H,2,9H2,1,3-4H3,(H,21,24,27);2*1-2H3/b7-5-,14-8+;;. The van der Waals surface area contributed by atoms with E-state index in [9.17, 15) is 9.90 Å². The molecule has 0 saturated heterocycles. The summed E-state index contributed by atoms with van der Waals surface area (Å²) in [6.07, 6.45) is 11.1. The molecule has 0 radical (unpaired) electrons. The van der Waals surface area contributed by atoms with Crippen molar-refractivity contribution in [2.75, 3.05) is 0 Å². The largest absolute Gasteiger partial charge is 0.502 e. The molecule has 7 heteroatoms. The molecule has 0 spiro atoms. The summed E-state index contributed by atoms with van der Waals surface area (Å²) in [5.74, 6) is -0.151. The average Bonchev–Trinajstić information content (AvgIpc) is 3.09. The molecule has 0 saturated carbocycles. The second-order valence-corrected chi connectivity index (χ2v) is 6.14. The summed E-state index contributed by atoms with van der Waals surface area (Å²) >= 11 is 0. The molecular formula is C24H33N5O2. The van der Waals surface area contributed by atoms with E-state index in [1.54, 1.807) is 12.3 Å². The third kappa shape index (κ3) is 6.01. The van der Waals surface area contributed by atoms with Gasteiger partial charge < -0.3 is 14.5 Å². The Bertz CT molecular complexity index is 1140. The number of H-pyrrole nitrogens is 1. The van der Waals surface area contributed by atoms with Crippen LogP contribution in [-0.2, 0) is 6.42 Å². The monoisotopic (exact) mass is 423 g/mol. The van der Waals surface area contributed by atoms with Crippen LogP contribution < -0.4 is 5.56 Å². The van der Waals surface area contributed by atoms with Gasteiger partial charge in [-0.3, -0.25) is 4.79 Å². The molecule has 3 rings (SSSR count). The van der Waals surface area contributed by atoms with E-state index in [0.29, 0.717) is 12.1 Å². The van der Waals surface area contributed by atoms with Gasteiger partial charge in [-0.05, 0) is 26.3 Å². The van der Waals surface area contributed by atoms with E-state index in [2.05, 4.69) is 26.5 Å². The highest BCUT2D eigenvalue weighted by Gasteiger charge is 2.15. The number of allylic oxidation sites excluding steroid dienone is 5. The Morgan fingerprint density at radius 3 is 2.48 bits per heavy atom. The van der Waals surface area contributed by atoms with Crippen LogP contribution in [0, 0.1) is 13.8 Å². The van der Waals surface area contributed by atoms with Crippen LogP contribution in [0.2, 0.25) is 0 Å². The Kier molecular flexibility index (Phi) is 10.1. The summed E-state index contributed by atoms with van der Waals surface area (Å²) in [6, 6.07) is 0. The first-order valence-corrected chi connectivity index (χ1v) is 10.5. The highest BCUT2D eigenvalue weighted by molar-refractivity contribution is 5.57.